The van der Waals surface area contributed by atoms with Gasteiger partial charge in [0.25, 0.3) is 5.09 Å². The Kier molecular flexibility index (Phi) is 17.0. The monoisotopic (exact) mass is 811 g/mol. The van der Waals surface area contributed by atoms with Crippen LogP contribution in [0.5, 0.6) is 0 Å². The van der Waals surface area contributed by atoms with Crippen LogP contribution in [0.3, 0.4) is 0 Å². The van der Waals surface area contributed by atoms with Gasteiger partial charge in [-0.15, -0.1) is 20.3 Å². The van der Waals surface area contributed by atoms with Crippen LogP contribution in [0.15, 0.2) is 48.5 Å². The third-order valence-corrected chi connectivity index (χ3v) is 8.76. The minimum atomic E-state index is -1.07. The third kappa shape index (κ3) is 14.7. The lowest BCUT2D eigenvalue weighted by molar-refractivity contribution is -0.757. The number of imidazole rings is 1. The number of carbonyl (C=O) groups excluding carboxylic acids is 3. The van der Waals surface area contributed by atoms with Crippen LogP contribution < -0.4 is 10.6 Å². The second-order valence-corrected chi connectivity index (χ2v) is 14.4. The summed E-state index contributed by atoms with van der Waals surface area (Å²) in [6.45, 7) is 7.67. The number of alkyl carbamates (subject to hydrolysis) is 2. The standard InChI is InChI=1S/C38H50ClN9O9/c1-5-6-16-32-42-33(39)31(47(32)24-26-17-19-27(20-18-26)28-13-7-8-14-29(28)34-43-45-46-44-34)25-55-37(51)41-30(35(49)54-22-11-12-23-56-48(52)53)15-9-10-21-40-36(50)57-38(2,3)4/h7-8,13-14,17-20,30H,5-6,9-12,15-16,21-25H2,1-4H3,(H,40,50)(H,41,51)(H,43,44,45,46). The van der Waals surface area contributed by atoms with Crippen molar-refractivity contribution in [2.75, 3.05) is 19.8 Å². The van der Waals surface area contributed by atoms with Crippen LogP contribution >= 0.6 is 11.6 Å². The Balaban J connectivity index is 1.41. The molecular formula is C38H50ClN9O9. The number of rotatable bonds is 22. The molecule has 4 rings (SSSR count). The van der Waals surface area contributed by atoms with Crippen LogP contribution in [-0.2, 0) is 43.4 Å². The highest BCUT2D eigenvalue weighted by molar-refractivity contribution is 6.30. The zero-order valence-corrected chi connectivity index (χ0v) is 33.4. The van der Waals surface area contributed by atoms with E-state index in [1.54, 1.807) is 20.8 Å². The molecule has 57 heavy (non-hydrogen) atoms. The summed E-state index contributed by atoms with van der Waals surface area (Å²) in [5.41, 5.74) is 3.56. The number of hydrogen-bond donors (Lipinski definition) is 3. The highest BCUT2D eigenvalue weighted by atomic mass is 35.5. The van der Waals surface area contributed by atoms with Gasteiger partial charge in [-0.3, -0.25) is 0 Å². The Labute approximate surface area is 335 Å². The van der Waals surface area contributed by atoms with Crippen molar-refractivity contribution >= 4 is 29.8 Å². The highest BCUT2D eigenvalue weighted by Gasteiger charge is 2.25. The largest absolute Gasteiger partial charge is 0.464 e. The van der Waals surface area contributed by atoms with Crippen LogP contribution in [0.2, 0.25) is 5.15 Å². The molecule has 4 aromatic rings. The maximum absolute atomic E-state index is 13.2. The van der Waals surface area contributed by atoms with Gasteiger partial charge in [-0.05, 0) is 81.2 Å². The fourth-order valence-electron chi connectivity index (χ4n) is 5.69. The van der Waals surface area contributed by atoms with Gasteiger partial charge < -0.3 is 34.2 Å². The molecule has 0 aliphatic carbocycles. The SMILES string of the molecule is CCCCc1nc(Cl)c(COC(=O)NC(CCCCNC(=O)OC(C)(C)C)C(=O)OCCCCO[N+](=O)[O-])n1Cc1ccc(-c2ccccc2-c2nn[nH]n2)cc1. The van der Waals surface area contributed by atoms with Gasteiger partial charge in [0.1, 0.15) is 24.1 Å². The molecule has 3 N–H and O–H groups in total. The molecule has 1 atom stereocenters. The second kappa shape index (κ2) is 22.1. The summed E-state index contributed by atoms with van der Waals surface area (Å²) in [6.07, 6.45) is 2.76. The van der Waals surface area contributed by atoms with Gasteiger partial charge in [0.2, 0.25) is 5.82 Å². The number of halogens is 1. The molecule has 1 unspecified atom stereocenters. The Hall–Kier alpha value is -5.78. The molecule has 2 aromatic carbocycles. The summed E-state index contributed by atoms with van der Waals surface area (Å²) < 4.78 is 18.2. The lowest BCUT2D eigenvalue weighted by Crippen LogP contribution is -2.42. The number of tetrazole rings is 1. The number of aryl methyl sites for hydroxylation is 1. The van der Waals surface area contributed by atoms with E-state index in [1.807, 2.05) is 53.1 Å². The van der Waals surface area contributed by atoms with Crippen LogP contribution in [0.4, 0.5) is 9.59 Å². The molecule has 0 spiro atoms. The zero-order valence-electron chi connectivity index (χ0n) is 32.6. The summed E-state index contributed by atoms with van der Waals surface area (Å²) in [6, 6.07) is 14.7. The van der Waals surface area contributed by atoms with Gasteiger partial charge in [-0.1, -0.05) is 73.5 Å². The Bertz CT molecular complexity index is 1900. The Morgan fingerprint density at radius 1 is 0.965 bits per heavy atom. The topological polar surface area (TPSA) is 228 Å². The van der Waals surface area contributed by atoms with Crippen LogP contribution in [0.25, 0.3) is 22.5 Å². The van der Waals surface area contributed by atoms with Crippen LogP contribution in [-0.4, -0.2) is 84.8 Å². The van der Waals surface area contributed by atoms with E-state index in [9.17, 15) is 24.5 Å². The molecule has 0 saturated carbocycles. The molecule has 0 bridgehead atoms. The normalized spacial score (nSPS) is 11.7. The fourth-order valence-corrected chi connectivity index (χ4v) is 5.95. The van der Waals surface area contributed by atoms with Gasteiger partial charge in [-0.25, -0.2) is 19.4 Å². The zero-order chi connectivity index (χ0) is 41.2. The van der Waals surface area contributed by atoms with E-state index in [0.717, 1.165) is 40.9 Å². The summed E-state index contributed by atoms with van der Waals surface area (Å²) >= 11 is 6.65. The number of nitrogens with zero attached hydrogens (tertiary/aromatic N) is 6. The smallest absolute Gasteiger partial charge is 0.408 e. The van der Waals surface area contributed by atoms with Crippen LogP contribution in [0, 0.1) is 10.1 Å². The molecule has 2 heterocycles. The molecule has 0 aliphatic heterocycles. The number of benzene rings is 2. The van der Waals surface area contributed by atoms with Crippen molar-refractivity contribution in [1.29, 1.82) is 0 Å². The number of carbonyl (C=O) groups is 3. The number of aromatic amines is 1. The van der Waals surface area contributed by atoms with Crippen molar-refractivity contribution in [2.24, 2.45) is 0 Å². The van der Waals surface area contributed by atoms with Gasteiger partial charge in [-0.2, -0.15) is 5.21 Å². The van der Waals surface area contributed by atoms with E-state index < -0.39 is 34.9 Å². The molecule has 2 amide bonds. The lowest BCUT2D eigenvalue weighted by Gasteiger charge is -2.20. The summed E-state index contributed by atoms with van der Waals surface area (Å²) in [5.74, 6) is 0.540. The Morgan fingerprint density at radius 2 is 1.70 bits per heavy atom. The molecular weight excluding hydrogens is 762 g/mol. The summed E-state index contributed by atoms with van der Waals surface area (Å²) in [7, 11) is 0. The summed E-state index contributed by atoms with van der Waals surface area (Å²) in [5, 5.41) is 29.4. The van der Waals surface area contributed by atoms with E-state index in [2.05, 4.69) is 48.0 Å². The molecule has 0 fully saturated rings. The lowest BCUT2D eigenvalue weighted by atomic mass is 9.98. The molecule has 18 nitrogen and oxygen atoms in total. The average molecular weight is 812 g/mol. The van der Waals surface area contributed by atoms with Gasteiger partial charge >= 0.3 is 18.2 Å². The van der Waals surface area contributed by atoms with Gasteiger partial charge in [0, 0.05) is 25.1 Å². The van der Waals surface area contributed by atoms with Gasteiger partial charge in [0.15, 0.2) is 5.15 Å². The first-order chi connectivity index (χ1) is 27.3. The fraction of sp³-hybridized carbons (Fsp3) is 0.500. The van der Waals surface area contributed by atoms with Gasteiger partial charge in [0.05, 0.1) is 18.9 Å². The van der Waals surface area contributed by atoms with Crippen LogP contribution in [0.1, 0.15) is 89.7 Å². The number of esters is 1. The van der Waals surface area contributed by atoms with Crippen molar-refractivity contribution in [3.05, 3.63) is 80.9 Å². The molecule has 308 valence electrons. The molecule has 0 saturated heterocycles. The number of ether oxygens (including phenoxy) is 3. The van der Waals surface area contributed by atoms with Crippen molar-refractivity contribution < 1.29 is 38.5 Å². The summed E-state index contributed by atoms with van der Waals surface area (Å²) in [4.78, 5) is 57.5. The molecule has 2 aromatic heterocycles. The first kappa shape index (κ1) is 43.9. The second-order valence-electron chi connectivity index (χ2n) is 14.1. The maximum atomic E-state index is 13.2. The first-order valence-corrected chi connectivity index (χ1v) is 19.2. The quantitative estimate of drug-likeness (QED) is 0.0250. The molecule has 0 radical (unpaired) electrons. The number of amides is 2. The van der Waals surface area contributed by atoms with Crippen molar-refractivity contribution in [1.82, 2.24) is 40.8 Å². The number of unbranched alkanes of at least 4 members (excludes halogenated alkanes) is 3. The number of nitrogens with one attached hydrogen (secondary N) is 3. The van der Waals surface area contributed by atoms with E-state index in [4.69, 9.17) is 25.8 Å². The van der Waals surface area contributed by atoms with Crippen molar-refractivity contribution in [3.63, 3.8) is 0 Å². The van der Waals surface area contributed by atoms with E-state index >= 15 is 0 Å². The number of aromatic nitrogens is 6. The minimum absolute atomic E-state index is 0.0328. The molecule has 0 aliphatic rings. The Morgan fingerprint density at radius 3 is 2.39 bits per heavy atom. The van der Waals surface area contributed by atoms with Crippen molar-refractivity contribution in [2.45, 2.75) is 104 Å². The highest BCUT2D eigenvalue weighted by Crippen LogP contribution is 2.30. The van der Waals surface area contributed by atoms with E-state index in [0.29, 0.717) is 50.2 Å². The minimum Gasteiger partial charge on any atom is -0.464 e. The number of hydrogen-bond acceptors (Lipinski definition) is 13. The van der Waals surface area contributed by atoms with Crippen molar-refractivity contribution in [3.8, 4) is 22.5 Å². The average Bonchev–Trinajstić information content (AvgIpc) is 3.81. The molecule has 19 heteroatoms. The predicted octanol–water partition coefficient (Wildman–Crippen LogP) is 6.60. The third-order valence-electron chi connectivity index (χ3n) is 8.46. The maximum Gasteiger partial charge on any atom is 0.408 e. The predicted molar refractivity (Wildman–Crippen MR) is 208 cm³/mol. The van der Waals surface area contributed by atoms with E-state index in [1.165, 1.54) is 0 Å². The first-order valence-electron chi connectivity index (χ1n) is 18.8. The van der Waals surface area contributed by atoms with E-state index in [-0.39, 0.29) is 37.9 Å². The number of H-pyrrole nitrogens is 1.